The van der Waals surface area contributed by atoms with Crippen LogP contribution in [0.2, 0.25) is 0 Å². The summed E-state index contributed by atoms with van der Waals surface area (Å²) in [5, 5.41) is 16.9. The van der Waals surface area contributed by atoms with Crippen LogP contribution in [-0.4, -0.2) is 42.1 Å². The second-order valence-corrected chi connectivity index (χ2v) is 10.0. The second-order valence-electron chi connectivity index (χ2n) is 7.67. The molecular formula is C18H25N3O3S2. The fourth-order valence-corrected chi connectivity index (χ4v) is 6.41. The van der Waals surface area contributed by atoms with Crippen LogP contribution in [0, 0.1) is 11.8 Å². The topological polar surface area (TPSA) is 81.7 Å². The van der Waals surface area contributed by atoms with E-state index in [1.54, 1.807) is 0 Å². The number of benzene rings is 1. The molecule has 3 atom stereocenters. The van der Waals surface area contributed by atoms with Gasteiger partial charge in [0, 0.05) is 19.1 Å². The van der Waals surface area contributed by atoms with E-state index >= 15 is 0 Å². The van der Waals surface area contributed by atoms with Crippen LogP contribution < -0.4 is 10.6 Å². The van der Waals surface area contributed by atoms with Gasteiger partial charge in [-0.3, -0.25) is 0 Å². The van der Waals surface area contributed by atoms with Crippen LogP contribution in [0.1, 0.15) is 38.5 Å². The van der Waals surface area contributed by atoms with Gasteiger partial charge >= 0.3 is 0 Å². The third kappa shape index (κ3) is 3.42. The summed E-state index contributed by atoms with van der Waals surface area (Å²) in [4.78, 5) is 0.183. The molecule has 3 N–H and O–H groups in total. The molecule has 1 aromatic carbocycles. The first-order valence-corrected chi connectivity index (χ1v) is 11.2. The van der Waals surface area contributed by atoms with Crippen molar-refractivity contribution in [2.75, 3.05) is 18.4 Å². The number of aromatic hydroxyl groups is 1. The highest BCUT2D eigenvalue weighted by Gasteiger charge is 2.39. The summed E-state index contributed by atoms with van der Waals surface area (Å²) in [5.74, 6) is 1.47. The van der Waals surface area contributed by atoms with Crippen molar-refractivity contribution in [2.24, 2.45) is 11.8 Å². The van der Waals surface area contributed by atoms with Gasteiger partial charge in [-0.05, 0) is 74.4 Å². The molecule has 1 aromatic rings. The molecule has 26 heavy (non-hydrogen) atoms. The Morgan fingerprint density at radius 3 is 2.62 bits per heavy atom. The Kier molecular flexibility index (Phi) is 4.83. The number of phenols is 1. The predicted molar refractivity (Wildman–Crippen MR) is 105 cm³/mol. The van der Waals surface area contributed by atoms with Crippen molar-refractivity contribution in [3.05, 3.63) is 18.2 Å². The van der Waals surface area contributed by atoms with Gasteiger partial charge in [-0.15, -0.1) is 0 Å². The molecule has 3 fully saturated rings. The first-order valence-electron chi connectivity index (χ1n) is 9.34. The Balaban J connectivity index is 1.47. The van der Waals surface area contributed by atoms with E-state index in [9.17, 15) is 13.5 Å². The average Bonchev–Trinajstić information content (AvgIpc) is 3.34. The number of sulfonamides is 1. The van der Waals surface area contributed by atoms with Gasteiger partial charge in [0.25, 0.3) is 0 Å². The maximum atomic E-state index is 12.7. The minimum absolute atomic E-state index is 0.0116. The Labute approximate surface area is 160 Å². The van der Waals surface area contributed by atoms with E-state index in [0.717, 1.165) is 25.2 Å². The lowest BCUT2D eigenvalue weighted by Crippen LogP contribution is -2.40. The summed E-state index contributed by atoms with van der Waals surface area (Å²) in [6, 6.07) is 4.71. The lowest BCUT2D eigenvalue weighted by atomic mass is 9.96. The van der Waals surface area contributed by atoms with Crippen LogP contribution in [0.3, 0.4) is 0 Å². The Bertz CT molecular complexity index is 806. The van der Waals surface area contributed by atoms with Gasteiger partial charge in [0.1, 0.15) is 5.75 Å². The SMILES string of the molecule is O=S(=O)(c1ccc(O)c(NC(=S)NC2CC3CCC2C3)c1)N1CCCC1. The smallest absolute Gasteiger partial charge is 0.243 e. The quantitative estimate of drug-likeness (QED) is 0.537. The summed E-state index contributed by atoms with van der Waals surface area (Å²) in [7, 11) is -3.52. The number of nitrogens with zero attached hydrogens (tertiary/aromatic N) is 1. The van der Waals surface area contributed by atoms with E-state index in [0.29, 0.717) is 35.8 Å². The molecule has 2 saturated carbocycles. The van der Waals surface area contributed by atoms with E-state index in [2.05, 4.69) is 10.6 Å². The zero-order chi connectivity index (χ0) is 18.3. The Hall–Kier alpha value is -1.38. The minimum Gasteiger partial charge on any atom is -0.506 e. The van der Waals surface area contributed by atoms with Gasteiger partial charge < -0.3 is 15.7 Å². The van der Waals surface area contributed by atoms with Gasteiger partial charge in [0.2, 0.25) is 10.0 Å². The number of thiocarbonyl (C=S) groups is 1. The van der Waals surface area contributed by atoms with Crippen LogP contribution in [0.5, 0.6) is 5.75 Å². The fraction of sp³-hybridized carbons (Fsp3) is 0.611. The molecule has 3 unspecified atom stereocenters. The van der Waals surface area contributed by atoms with Crippen molar-refractivity contribution in [1.82, 2.24) is 9.62 Å². The number of fused-ring (bicyclic) bond motifs is 2. The zero-order valence-electron chi connectivity index (χ0n) is 14.6. The molecule has 0 radical (unpaired) electrons. The average molecular weight is 396 g/mol. The largest absolute Gasteiger partial charge is 0.506 e. The van der Waals surface area contributed by atoms with Gasteiger partial charge in [-0.1, -0.05) is 6.42 Å². The number of anilines is 1. The monoisotopic (exact) mass is 395 g/mol. The maximum Gasteiger partial charge on any atom is 0.243 e. The van der Waals surface area contributed by atoms with Crippen LogP contribution in [0.4, 0.5) is 5.69 Å². The van der Waals surface area contributed by atoms with Gasteiger partial charge in [-0.2, -0.15) is 4.31 Å². The predicted octanol–water partition coefficient (Wildman–Crippen LogP) is 2.65. The van der Waals surface area contributed by atoms with Gasteiger partial charge in [-0.25, -0.2) is 8.42 Å². The molecule has 0 amide bonds. The molecule has 6 nitrogen and oxygen atoms in total. The molecule has 1 saturated heterocycles. The first-order chi connectivity index (χ1) is 12.4. The highest BCUT2D eigenvalue weighted by atomic mass is 32.2. The third-order valence-corrected chi connectivity index (χ3v) is 8.09. The molecule has 3 aliphatic rings. The number of hydrogen-bond donors (Lipinski definition) is 3. The summed E-state index contributed by atoms with van der Waals surface area (Å²) in [6.07, 6.45) is 6.76. The first kappa shape index (κ1) is 18.0. The van der Waals surface area contributed by atoms with Crippen molar-refractivity contribution in [2.45, 2.75) is 49.5 Å². The van der Waals surface area contributed by atoms with Gasteiger partial charge in [0.15, 0.2) is 5.11 Å². The molecule has 2 bridgehead atoms. The molecule has 2 aliphatic carbocycles. The number of hydrogen-bond acceptors (Lipinski definition) is 4. The summed E-state index contributed by atoms with van der Waals surface area (Å²) >= 11 is 5.40. The highest BCUT2D eigenvalue weighted by Crippen LogP contribution is 2.44. The maximum absolute atomic E-state index is 12.7. The van der Waals surface area contributed by atoms with Crippen molar-refractivity contribution in [3.8, 4) is 5.75 Å². The van der Waals surface area contributed by atoms with E-state index in [-0.39, 0.29) is 10.6 Å². The van der Waals surface area contributed by atoms with E-state index in [1.165, 1.54) is 41.8 Å². The summed E-state index contributed by atoms with van der Waals surface area (Å²) in [6.45, 7) is 1.10. The van der Waals surface area contributed by atoms with Crippen LogP contribution in [-0.2, 0) is 10.0 Å². The van der Waals surface area contributed by atoms with Crippen LogP contribution >= 0.6 is 12.2 Å². The van der Waals surface area contributed by atoms with Crippen LogP contribution in [0.25, 0.3) is 0 Å². The number of nitrogens with one attached hydrogen (secondary N) is 2. The van der Waals surface area contributed by atoms with E-state index in [1.807, 2.05) is 0 Å². The lowest BCUT2D eigenvalue weighted by molar-refractivity contribution is 0.391. The number of rotatable bonds is 4. The minimum atomic E-state index is -3.52. The molecule has 0 aromatic heterocycles. The Morgan fingerprint density at radius 1 is 1.19 bits per heavy atom. The van der Waals surface area contributed by atoms with Crippen molar-refractivity contribution in [1.29, 1.82) is 0 Å². The van der Waals surface area contributed by atoms with Gasteiger partial charge in [0.05, 0.1) is 10.6 Å². The second kappa shape index (κ2) is 6.98. The summed E-state index contributed by atoms with van der Waals surface area (Å²) in [5.41, 5.74) is 0.325. The third-order valence-electron chi connectivity index (χ3n) is 5.97. The number of phenolic OH excluding ortho intramolecular Hbond substituents is 1. The van der Waals surface area contributed by atoms with Crippen molar-refractivity contribution >= 4 is 33.0 Å². The van der Waals surface area contributed by atoms with Crippen molar-refractivity contribution < 1.29 is 13.5 Å². The standard InChI is InChI=1S/C18H25N3O3S2/c22-17-6-5-14(26(23,24)21-7-1-2-8-21)11-16(17)20-18(25)19-15-10-12-3-4-13(15)9-12/h5-6,11-13,15,22H,1-4,7-10H2,(H2,19,20,25). The molecule has 4 rings (SSSR count). The fourth-order valence-electron chi connectivity index (χ4n) is 4.60. The molecule has 8 heteroatoms. The van der Waals surface area contributed by atoms with E-state index in [4.69, 9.17) is 12.2 Å². The normalized spacial score (nSPS) is 28.4. The highest BCUT2D eigenvalue weighted by molar-refractivity contribution is 7.89. The lowest BCUT2D eigenvalue weighted by Gasteiger charge is -2.25. The zero-order valence-corrected chi connectivity index (χ0v) is 16.3. The molecule has 0 spiro atoms. The molecule has 1 heterocycles. The summed E-state index contributed by atoms with van der Waals surface area (Å²) < 4.78 is 26.9. The van der Waals surface area contributed by atoms with Crippen LogP contribution in [0.15, 0.2) is 23.1 Å². The van der Waals surface area contributed by atoms with E-state index < -0.39 is 10.0 Å². The van der Waals surface area contributed by atoms with Crippen molar-refractivity contribution in [3.63, 3.8) is 0 Å². The molecule has 142 valence electrons. The Morgan fingerprint density at radius 2 is 1.96 bits per heavy atom. The molecule has 1 aliphatic heterocycles. The molecular weight excluding hydrogens is 370 g/mol.